The molecule has 0 N–H and O–H groups in total. The Labute approximate surface area is 171 Å². The number of pyridine rings is 1. The first-order chi connectivity index (χ1) is 14.1. The number of fused-ring (bicyclic) bond motifs is 3. The van der Waals surface area contributed by atoms with Gasteiger partial charge in [-0.3, -0.25) is 4.98 Å². The maximum Gasteiger partial charge on any atom is 0.148 e. The molecule has 4 aromatic rings. The number of imidazole rings is 1. The monoisotopic (exact) mass is 410 g/mol. The number of hydrogen-bond donors (Lipinski definition) is 0. The number of ether oxygens (including phenoxy) is 1. The number of aromatic nitrogens is 4. The zero-order valence-corrected chi connectivity index (χ0v) is 16.6. The molecule has 0 bridgehead atoms. The molecular weight excluding hydrogens is 392 g/mol. The molecule has 1 saturated heterocycles. The maximum absolute atomic E-state index is 11.4. The molecule has 0 radical (unpaired) electrons. The molecule has 0 amide bonds. The summed E-state index contributed by atoms with van der Waals surface area (Å²) >= 11 is 6.30. The topological polar surface area (TPSA) is 83.0 Å². The van der Waals surface area contributed by atoms with E-state index < -0.39 is 6.10 Å². The van der Waals surface area contributed by atoms with Crippen LogP contribution in [0.2, 0.25) is 5.02 Å². The van der Waals surface area contributed by atoms with Crippen LogP contribution in [0.3, 0.4) is 0 Å². The smallest absolute Gasteiger partial charge is 0.148 e. The third kappa shape index (κ3) is 3.30. The number of nitrogens with zero attached hydrogens (tertiary/aromatic N) is 4. The lowest BCUT2D eigenvalue weighted by Gasteiger charge is -2.29. The van der Waals surface area contributed by atoms with Crippen LogP contribution in [0.5, 0.6) is 0 Å². The minimum absolute atomic E-state index is 0.0801. The van der Waals surface area contributed by atoms with Crippen molar-refractivity contribution in [3.63, 3.8) is 0 Å². The molecule has 2 atom stereocenters. The lowest BCUT2D eigenvalue weighted by molar-refractivity contribution is -0.121. The van der Waals surface area contributed by atoms with E-state index in [0.29, 0.717) is 24.5 Å². The lowest BCUT2D eigenvalue weighted by Crippen LogP contribution is -2.29. The van der Waals surface area contributed by atoms with Crippen LogP contribution < -0.4 is 0 Å². The van der Waals surface area contributed by atoms with Crippen LogP contribution in [0, 0.1) is 6.92 Å². The van der Waals surface area contributed by atoms with E-state index in [-0.39, 0.29) is 6.04 Å². The third-order valence-corrected chi connectivity index (χ3v) is 5.61. The Morgan fingerprint density at radius 1 is 1.31 bits per heavy atom. The van der Waals surface area contributed by atoms with Gasteiger partial charge in [-0.25, -0.2) is 4.98 Å². The Morgan fingerprint density at radius 3 is 3.00 bits per heavy atom. The van der Waals surface area contributed by atoms with Gasteiger partial charge in [-0.05, 0) is 31.5 Å². The second-order valence-corrected chi connectivity index (χ2v) is 7.82. The molecule has 4 heterocycles. The first kappa shape index (κ1) is 18.3. The minimum Gasteiger partial charge on any atom is -0.371 e. The highest BCUT2D eigenvalue weighted by molar-refractivity contribution is 6.31. The molecule has 8 heteroatoms. The van der Waals surface area contributed by atoms with Crippen molar-refractivity contribution in [3.8, 4) is 0 Å². The number of carbonyl (C=O) groups excluding carboxylic acids is 1. The summed E-state index contributed by atoms with van der Waals surface area (Å²) in [7, 11) is 0. The van der Waals surface area contributed by atoms with Crippen LogP contribution in [0.15, 0.2) is 35.0 Å². The Bertz CT molecular complexity index is 1220. The summed E-state index contributed by atoms with van der Waals surface area (Å²) in [5.41, 5.74) is 3.44. The van der Waals surface area contributed by atoms with E-state index in [1.54, 1.807) is 6.20 Å². The Morgan fingerprint density at radius 2 is 2.21 bits per heavy atom. The normalized spacial score (nSPS) is 19.8. The lowest BCUT2D eigenvalue weighted by atomic mass is 10.0. The van der Waals surface area contributed by atoms with Crippen molar-refractivity contribution in [2.75, 3.05) is 6.61 Å². The van der Waals surface area contributed by atoms with Gasteiger partial charge >= 0.3 is 0 Å². The molecule has 0 aliphatic carbocycles. The molecule has 148 valence electrons. The molecule has 1 aliphatic heterocycles. The molecule has 0 saturated carbocycles. The van der Waals surface area contributed by atoms with E-state index >= 15 is 0 Å². The van der Waals surface area contributed by atoms with Crippen LogP contribution in [0.25, 0.3) is 21.9 Å². The van der Waals surface area contributed by atoms with Crippen molar-refractivity contribution < 1.29 is 14.1 Å². The van der Waals surface area contributed by atoms with Crippen molar-refractivity contribution in [1.82, 2.24) is 19.7 Å². The number of aryl methyl sites for hydroxylation is 1. The summed E-state index contributed by atoms with van der Waals surface area (Å²) in [5.74, 6) is 1.62. The molecule has 0 unspecified atom stereocenters. The fourth-order valence-electron chi connectivity index (χ4n) is 4.12. The summed E-state index contributed by atoms with van der Waals surface area (Å²) in [4.78, 5) is 20.8. The summed E-state index contributed by atoms with van der Waals surface area (Å²) < 4.78 is 13.0. The highest BCUT2D eigenvalue weighted by Crippen LogP contribution is 2.34. The van der Waals surface area contributed by atoms with Gasteiger partial charge in [0, 0.05) is 35.5 Å². The fraction of sp³-hybridized carbons (Fsp3) is 0.333. The Hall–Kier alpha value is -2.77. The maximum atomic E-state index is 11.4. The zero-order chi connectivity index (χ0) is 20.0. The largest absolute Gasteiger partial charge is 0.371 e. The van der Waals surface area contributed by atoms with Gasteiger partial charge < -0.3 is 18.6 Å². The van der Waals surface area contributed by atoms with E-state index in [4.69, 9.17) is 25.8 Å². The average molecular weight is 411 g/mol. The molecule has 1 aromatic carbocycles. The van der Waals surface area contributed by atoms with Gasteiger partial charge in [0.15, 0.2) is 0 Å². The second-order valence-electron chi connectivity index (χ2n) is 7.38. The van der Waals surface area contributed by atoms with E-state index in [9.17, 15) is 4.79 Å². The first-order valence-corrected chi connectivity index (χ1v) is 9.94. The summed E-state index contributed by atoms with van der Waals surface area (Å²) in [6.45, 7) is 2.39. The number of aldehydes is 1. The molecule has 5 rings (SSSR count). The predicted octanol–water partition coefficient (Wildman–Crippen LogP) is 4.04. The van der Waals surface area contributed by atoms with E-state index in [1.807, 2.05) is 31.2 Å². The predicted molar refractivity (Wildman–Crippen MR) is 108 cm³/mol. The molecule has 1 fully saturated rings. The molecule has 3 aromatic heterocycles. The van der Waals surface area contributed by atoms with Crippen LogP contribution in [-0.4, -0.2) is 38.7 Å². The molecule has 29 heavy (non-hydrogen) atoms. The van der Waals surface area contributed by atoms with Crippen molar-refractivity contribution in [1.29, 1.82) is 0 Å². The third-order valence-electron chi connectivity index (χ3n) is 5.37. The van der Waals surface area contributed by atoms with Crippen LogP contribution in [0.1, 0.15) is 36.2 Å². The number of hydrogen-bond acceptors (Lipinski definition) is 6. The van der Waals surface area contributed by atoms with Crippen molar-refractivity contribution in [2.24, 2.45) is 0 Å². The highest BCUT2D eigenvalue weighted by atomic mass is 35.5. The van der Waals surface area contributed by atoms with Gasteiger partial charge in [0.1, 0.15) is 29.5 Å². The van der Waals surface area contributed by atoms with Gasteiger partial charge in [0.25, 0.3) is 0 Å². The number of benzene rings is 1. The van der Waals surface area contributed by atoms with Gasteiger partial charge in [-0.2, -0.15) is 0 Å². The van der Waals surface area contributed by atoms with E-state index in [1.165, 1.54) is 0 Å². The van der Waals surface area contributed by atoms with Crippen LogP contribution in [-0.2, 0) is 16.0 Å². The SMILES string of the molecule is Cc1cc(Cc2nc3cnc4ccc(Cl)cc4c3n2[C@H]2CCO[C@@H](C=O)C2)no1. The molecular formula is C21H19ClN4O3. The van der Waals surface area contributed by atoms with Crippen molar-refractivity contribution >= 4 is 39.8 Å². The molecule has 1 aliphatic rings. The van der Waals surface area contributed by atoms with E-state index in [2.05, 4.69) is 14.7 Å². The van der Waals surface area contributed by atoms with Gasteiger partial charge in [-0.1, -0.05) is 16.8 Å². The summed E-state index contributed by atoms with van der Waals surface area (Å²) in [6, 6.07) is 7.66. The van der Waals surface area contributed by atoms with Crippen molar-refractivity contribution in [3.05, 3.63) is 52.8 Å². The fourth-order valence-corrected chi connectivity index (χ4v) is 4.29. The summed E-state index contributed by atoms with van der Waals surface area (Å²) in [6.07, 6.45) is 4.18. The molecule has 7 nitrogen and oxygen atoms in total. The Balaban J connectivity index is 1.73. The summed E-state index contributed by atoms with van der Waals surface area (Å²) in [5, 5.41) is 5.72. The number of carbonyl (C=O) groups is 1. The minimum atomic E-state index is -0.412. The quantitative estimate of drug-likeness (QED) is 0.472. The Kier molecular flexibility index (Phi) is 4.56. The zero-order valence-electron chi connectivity index (χ0n) is 15.8. The number of halogens is 1. The van der Waals surface area contributed by atoms with Gasteiger partial charge in [0.05, 0.1) is 29.3 Å². The first-order valence-electron chi connectivity index (χ1n) is 9.56. The second kappa shape index (κ2) is 7.24. The number of rotatable bonds is 4. The average Bonchev–Trinajstić information content (AvgIpc) is 3.31. The van der Waals surface area contributed by atoms with Crippen LogP contribution in [0.4, 0.5) is 0 Å². The van der Waals surface area contributed by atoms with Crippen LogP contribution >= 0.6 is 11.6 Å². The molecule has 0 spiro atoms. The van der Waals surface area contributed by atoms with Gasteiger partial charge in [-0.15, -0.1) is 0 Å². The highest BCUT2D eigenvalue weighted by Gasteiger charge is 2.28. The van der Waals surface area contributed by atoms with Crippen molar-refractivity contribution in [2.45, 2.75) is 38.3 Å². The van der Waals surface area contributed by atoms with Gasteiger partial charge in [0.2, 0.25) is 0 Å². The standard InChI is InChI=1S/C21H19ClN4O3/c1-12-6-14(25-29-12)8-20-24-19-10-23-18-3-2-13(22)7-17(18)21(19)26(20)15-4-5-28-16(9-15)11-27/h2-3,6-7,10-11,15-16H,4-5,8-9H2,1H3/t15-,16+/m0/s1. The van der Waals surface area contributed by atoms with E-state index in [0.717, 1.165) is 51.9 Å².